The third-order valence-corrected chi connectivity index (χ3v) is 6.34. The average Bonchev–Trinajstić information content (AvgIpc) is 2.86. The number of hydrogen-bond acceptors (Lipinski definition) is 17. The molecule has 0 spiro atoms. The van der Waals surface area contributed by atoms with Crippen molar-refractivity contribution in [2.45, 2.75) is 99.0 Å². The molecule has 0 saturated carbocycles. The van der Waals surface area contributed by atoms with Crippen LogP contribution in [0, 0.1) is 0 Å². The Morgan fingerprint density at radius 1 is 0.658 bits per heavy atom. The molecule has 0 aromatic heterocycles. The summed E-state index contributed by atoms with van der Waals surface area (Å²) in [6.45, 7) is -0.760. The number of ether oxygens (including phenoxy) is 6. The second-order valence-corrected chi connectivity index (χ2v) is 8.96. The summed E-state index contributed by atoms with van der Waals surface area (Å²) in [4.78, 5) is 23.7. The number of carbonyl (C=O) groups excluding carboxylic acids is 1. The summed E-state index contributed by atoms with van der Waals surface area (Å²) in [7, 11) is 0. The van der Waals surface area contributed by atoms with Gasteiger partial charge in [0.25, 0.3) is 0 Å². The van der Waals surface area contributed by atoms with Crippen LogP contribution in [0.2, 0.25) is 0 Å². The van der Waals surface area contributed by atoms with E-state index in [1.54, 1.807) is 0 Å². The van der Waals surface area contributed by atoms with E-state index in [0.29, 0.717) is 0 Å². The van der Waals surface area contributed by atoms with E-state index in [-0.39, 0.29) is 0 Å². The van der Waals surface area contributed by atoms with Crippen molar-refractivity contribution < 1.29 is 89.1 Å². The highest BCUT2D eigenvalue weighted by molar-refractivity contribution is 5.74. The summed E-state index contributed by atoms with van der Waals surface area (Å²) in [6.07, 6.45) is -28.3. The number of aliphatic carboxylic acids is 1. The van der Waals surface area contributed by atoms with Crippen molar-refractivity contribution in [2.75, 3.05) is 13.2 Å². The molecule has 18 nitrogen and oxygen atoms in total. The molecule has 3 aliphatic heterocycles. The normalized spacial score (nSPS) is 47.9. The van der Waals surface area contributed by atoms with Gasteiger partial charge in [-0.2, -0.15) is 0 Å². The van der Waals surface area contributed by atoms with Gasteiger partial charge in [-0.1, -0.05) is 0 Å². The van der Waals surface area contributed by atoms with Gasteiger partial charge in [-0.05, 0) is 0 Å². The van der Waals surface area contributed by atoms with Gasteiger partial charge in [0.2, 0.25) is 0 Å². The molecule has 220 valence electrons. The highest BCUT2D eigenvalue weighted by Gasteiger charge is 2.56. The number of carbonyl (C=O) groups is 2. The molecule has 3 rings (SSSR count). The highest BCUT2D eigenvalue weighted by atomic mass is 16.8. The summed E-state index contributed by atoms with van der Waals surface area (Å²) in [5.41, 5.74) is 0. The minimum Gasteiger partial charge on any atom is -0.479 e. The molecular weight excluding hydrogens is 528 g/mol. The fourth-order valence-electron chi connectivity index (χ4n) is 4.33. The third-order valence-electron chi connectivity index (χ3n) is 6.34. The molecule has 3 fully saturated rings. The summed E-state index contributed by atoms with van der Waals surface area (Å²) >= 11 is 0. The Bertz CT molecular complexity index is 811. The Morgan fingerprint density at radius 2 is 1.21 bits per heavy atom. The lowest BCUT2D eigenvalue weighted by atomic mass is 9.95. The zero-order valence-electron chi connectivity index (χ0n) is 19.8. The maximum absolute atomic E-state index is 12.0. The first kappa shape index (κ1) is 30.9. The second-order valence-electron chi connectivity index (χ2n) is 8.96. The minimum atomic E-state index is -2.12. The van der Waals surface area contributed by atoms with Crippen LogP contribution in [-0.4, -0.2) is 168 Å². The maximum Gasteiger partial charge on any atom is 0.336 e. The van der Waals surface area contributed by atoms with E-state index in [1.165, 1.54) is 0 Å². The Morgan fingerprint density at radius 3 is 1.76 bits per heavy atom. The van der Waals surface area contributed by atoms with E-state index in [1.807, 2.05) is 0 Å². The molecule has 15 unspecified atom stereocenters. The van der Waals surface area contributed by atoms with Crippen LogP contribution in [0.3, 0.4) is 0 Å². The molecule has 18 heteroatoms. The van der Waals surface area contributed by atoms with E-state index in [4.69, 9.17) is 28.4 Å². The Labute approximate surface area is 214 Å². The first-order valence-electron chi connectivity index (χ1n) is 11.5. The number of carboxylic acids is 1. The van der Waals surface area contributed by atoms with Gasteiger partial charge in [0.1, 0.15) is 61.0 Å². The maximum atomic E-state index is 12.0. The van der Waals surface area contributed by atoms with Crippen LogP contribution in [0.1, 0.15) is 6.92 Å². The number of rotatable bonds is 8. The monoisotopic (exact) mass is 560 g/mol. The molecule has 3 saturated heterocycles. The van der Waals surface area contributed by atoms with Gasteiger partial charge < -0.3 is 79.5 Å². The fourth-order valence-corrected chi connectivity index (χ4v) is 4.33. The summed E-state index contributed by atoms with van der Waals surface area (Å²) in [6, 6.07) is 0. The van der Waals surface area contributed by atoms with E-state index in [0.717, 1.165) is 6.92 Å². The first-order chi connectivity index (χ1) is 17.8. The van der Waals surface area contributed by atoms with Gasteiger partial charge in [-0.15, -0.1) is 0 Å². The van der Waals surface area contributed by atoms with E-state index >= 15 is 0 Å². The van der Waals surface area contributed by atoms with Gasteiger partial charge in [-0.25, -0.2) is 4.79 Å². The predicted octanol–water partition coefficient (Wildman–Crippen LogP) is -6.91. The van der Waals surface area contributed by atoms with E-state index in [2.05, 4.69) is 0 Å². The molecule has 3 heterocycles. The van der Waals surface area contributed by atoms with Gasteiger partial charge >= 0.3 is 11.9 Å². The summed E-state index contributed by atoms with van der Waals surface area (Å²) in [5, 5.41) is 100. The zero-order chi connectivity index (χ0) is 28.5. The van der Waals surface area contributed by atoms with E-state index in [9.17, 15) is 60.7 Å². The number of hydrogen-bond donors (Lipinski definition) is 10. The van der Waals surface area contributed by atoms with Crippen molar-refractivity contribution in [3.05, 3.63) is 0 Å². The van der Waals surface area contributed by atoms with Gasteiger partial charge in [0, 0.05) is 6.92 Å². The molecule has 0 aliphatic carbocycles. The zero-order valence-corrected chi connectivity index (χ0v) is 19.8. The van der Waals surface area contributed by atoms with Crippen molar-refractivity contribution in [1.29, 1.82) is 0 Å². The second kappa shape index (κ2) is 12.7. The lowest BCUT2D eigenvalue weighted by Gasteiger charge is -2.47. The molecule has 0 aromatic carbocycles. The quantitative estimate of drug-likeness (QED) is 0.123. The summed E-state index contributed by atoms with van der Waals surface area (Å²) < 4.78 is 31.2. The smallest absolute Gasteiger partial charge is 0.336 e. The van der Waals surface area contributed by atoms with Crippen LogP contribution in [0.5, 0.6) is 0 Å². The van der Waals surface area contributed by atoms with Crippen LogP contribution in [-0.2, 0) is 38.0 Å². The molecule has 15 atom stereocenters. The Kier molecular flexibility index (Phi) is 10.3. The molecule has 0 amide bonds. The molecule has 10 N–H and O–H groups in total. The molecule has 0 bridgehead atoms. The van der Waals surface area contributed by atoms with Crippen LogP contribution in [0.4, 0.5) is 0 Å². The van der Waals surface area contributed by atoms with E-state index < -0.39 is 117 Å². The largest absolute Gasteiger partial charge is 0.479 e. The average molecular weight is 560 g/mol. The van der Waals surface area contributed by atoms with Crippen LogP contribution < -0.4 is 0 Å². The standard InChI is InChI=1S/C20H32O18/c1-4(23)33-15-14(37-19-10(27)9(26)7(24)5(2-21)35-19)12(29)20(38-16(15)17(30)31)36-13-8(25)6(3-22)34-18(32)11(13)28/h5-16,18-22,24-29,32H,2-3H2,1H3,(H,30,31). The van der Waals surface area contributed by atoms with Gasteiger partial charge in [-0.3, -0.25) is 4.79 Å². The SMILES string of the molecule is CC(=O)OC1C(C(=O)O)OC(OC2C(O)C(O)OC(CO)C2O)C(O)C1OC1OC(CO)C(O)C(O)C1O. The lowest BCUT2D eigenvalue weighted by molar-refractivity contribution is -0.375. The lowest BCUT2D eigenvalue weighted by Crippen LogP contribution is -2.67. The van der Waals surface area contributed by atoms with Crippen molar-refractivity contribution >= 4 is 11.9 Å². The fraction of sp³-hybridized carbons (Fsp3) is 0.900. The molecule has 38 heavy (non-hydrogen) atoms. The van der Waals surface area contributed by atoms with Crippen molar-refractivity contribution in [2.24, 2.45) is 0 Å². The van der Waals surface area contributed by atoms with Gasteiger partial charge in [0.15, 0.2) is 31.1 Å². The topological polar surface area (TPSA) is 292 Å². The predicted molar refractivity (Wildman–Crippen MR) is 111 cm³/mol. The summed E-state index contributed by atoms with van der Waals surface area (Å²) in [5.74, 6) is -2.79. The van der Waals surface area contributed by atoms with Crippen molar-refractivity contribution in [1.82, 2.24) is 0 Å². The van der Waals surface area contributed by atoms with Crippen LogP contribution in [0.25, 0.3) is 0 Å². The van der Waals surface area contributed by atoms with Crippen molar-refractivity contribution in [3.8, 4) is 0 Å². The van der Waals surface area contributed by atoms with Crippen LogP contribution >= 0.6 is 0 Å². The molecule has 3 aliphatic rings. The van der Waals surface area contributed by atoms with Crippen molar-refractivity contribution in [3.63, 3.8) is 0 Å². The highest BCUT2D eigenvalue weighted by Crippen LogP contribution is 2.33. The minimum absolute atomic E-state index is 0.825. The number of esters is 1. The van der Waals surface area contributed by atoms with Crippen LogP contribution in [0.15, 0.2) is 0 Å². The Hall–Kier alpha value is -1.62. The molecule has 0 radical (unpaired) electrons. The Balaban J connectivity index is 1.92. The molecule has 0 aromatic rings. The third kappa shape index (κ3) is 6.24. The number of carboxylic acid groups (broad SMARTS) is 1. The van der Waals surface area contributed by atoms with Gasteiger partial charge in [0.05, 0.1) is 13.2 Å². The molecular formula is C20H32O18. The number of aliphatic hydroxyl groups is 9. The first-order valence-corrected chi connectivity index (χ1v) is 11.5. The number of aliphatic hydroxyl groups excluding tert-OH is 9.